The average Bonchev–Trinajstić information content (AvgIpc) is 2.50. The quantitative estimate of drug-likeness (QED) is 0.756. The molecule has 22 heavy (non-hydrogen) atoms. The first-order chi connectivity index (χ1) is 10.6. The van der Waals surface area contributed by atoms with E-state index < -0.39 is 6.09 Å². The monoisotopic (exact) mass is 378 g/mol. The molecule has 2 N–H and O–H groups in total. The Labute approximate surface area is 141 Å². The molecule has 0 saturated carbocycles. The van der Waals surface area contributed by atoms with Crippen LogP contribution in [0.3, 0.4) is 0 Å². The number of fused-ring (bicyclic) bond motifs is 2. The molecule has 0 fully saturated rings. The minimum absolute atomic E-state index is 0.451. The van der Waals surface area contributed by atoms with Crippen molar-refractivity contribution in [3.8, 4) is 0 Å². The van der Waals surface area contributed by atoms with Gasteiger partial charge in [0.05, 0.1) is 11.4 Å². The highest BCUT2D eigenvalue weighted by Crippen LogP contribution is 2.48. The highest BCUT2D eigenvalue weighted by molar-refractivity contribution is 9.10. The molecule has 114 valence electrons. The molecule has 0 bridgehead atoms. The zero-order valence-electron chi connectivity index (χ0n) is 11.8. The Bertz CT molecular complexity index is 708. The largest absolute Gasteiger partial charge is 0.465 e. The molecule has 1 aliphatic rings. The van der Waals surface area contributed by atoms with Crippen LogP contribution in [0.15, 0.2) is 56.7 Å². The Balaban J connectivity index is 1.86. The van der Waals surface area contributed by atoms with Crippen molar-refractivity contribution in [2.24, 2.45) is 0 Å². The van der Waals surface area contributed by atoms with E-state index in [9.17, 15) is 4.79 Å². The summed E-state index contributed by atoms with van der Waals surface area (Å²) < 4.78 is 1.06. The minimum atomic E-state index is -0.973. The summed E-state index contributed by atoms with van der Waals surface area (Å²) in [5.41, 5.74) is 2.35. The van der Waals surface area contributed by atoms with Crippen molar-refractivity contribution in [3.05, 3.63) is 46.9 Å². The fraction of sp³-hybridized carbons (Fsp3) is 0.188. The van der Waals surface area contributed by atoms with Crippen LogP contribution in [0.4, 0.5) is 16.2 Å². The predicted octanol–water partition coefficient (Wildman–Crippen LogP) is 4.71. The van der Waals surface area contributed by atoms with E-state index in [1.807, 2.05) is 18.2 Å². The van der Waals surface area contributed by atoms with Gasteiger partial charge in [-0.05, 0) is 36.8 Å². The van der Waals surface area contributed by atoms with Gasteiger partial charge in [0, 0.05) is 27.4 Å². The molecule has 2 aromatic rings. The van der Waals surface area contributed by atoms with Gasteiger partial charge >= 0.3 is 6.09 Å². The molecular weight excluding hydrogens is 364 g/mol. The standard InChI is InChI=1S/C16H15BrN2O2S/c17-11-6-7-13-15(10-11)22-14-5-2-1-4-12(14)19(13)9-3-8-18-16(20)21/h1-2,4-7,10,18H,3,8-9H2,(H,20,21). The number of benzene rings is 2. The number of carboxylic acid groups (broad SMARTS) is 1. The molecule has 0 spiro atoms. The minimum Gasteiger partial charge on any atom is -0.465 e. The third-order valence-electron chi connectivity index (χ3n) is 3.42. The number of halogens is 1. The van der Waals surface area contributed by atoms with E-state index in [1.165, 1.54) is 21.2 Å². The number of hydrogen-bond acceptors (Lipinski definition) is 3. The van der Waals surface area contributed by atoms with Gasteiger partial charge in [-0.2, -0.15) is 0 Å². The lowest BCUT2D eigenvalue weighted by molar-refractivity contribution is 0.194. The molecule has 0 radical (unpaired) electrons. The van der Waals surface area contributed by atoms with Crippen molar-refractivity contribution < 1.29 is 9.90 Å². The number of amides is 1. The molecular formula is C16H15BrN2O2S. The van der Waals surface area contributed by atoms with Gasteiger partial charge in [0.25, 0.3) is 0 Å². The fourth-order valence-corrected chi connectivity index (χ4v) is 4.13. The number of rotatable bonds is 4. The Morgan fingerprint density at radius 3 is 2.77 bits per heavy atom. The van der Waals surface area contributed by atoms with E-state index in [2.05, 4.69) is 50.4 Å². The van der Waals surface area contributed by atoms with Crippen molar-refractivity contribution in [3.63, 3.8) is 0 Å². The van der Waals surface area contributed by atoms with Gasteiger partial charge in [-0.3, -0.25) is 0 Å². The number of para-hydroxylation sites is 1. The Hall–Kier alpha value is -1.66. The summed E-state index contributed by atoms with van der Waals surface area (Å²) in [6.07, 6.45) is -0.222. The van der Waals surface area contributed by atoms with Crippen LogP contribution in [0.2, 0.25) is 0 Å². The Kier molecular flexibility index (Phi) is 4.59. The Morgan fingerprint density at radius 1 is 1.18 bits per heavy atom. The molecule has 6 heteroatoms. The molecule has 2 aromatic carbocycles. The Morgan fingerprint density at radius 2 is 1.95 bits per heavy atom. The average molecular weight is 379 g/mol. The summed E-state index contributed by atoms with van der Waals surface area (Å²) >= 11 is 5.29. The maximum atomic E-state index is 10.6. The molecule has 3 rings (SSSR count). The van der Waals surface area contributed by atoms with Gasteiger partial charge in [-0.15, -0.1) is 0 Å². The lowest BCUT2D eigenvalue weighted by Gasteiger charge is -2.33. The lowest BCUT2D eigenvalue weighted by Crippen LogP contribution is -2.27. The molecule has 1 heterocycles. The van der Waals surface area contributed by atoms with E-state index >= 15 is 0 Å². The number of nitrogens with zero attached hydrogens (tertiary/aromatic N) is 1. The van der Waals surface area contributed by atoms with E-state index in [0.29, 0.717) is 6.54 Å². The highest BCUT2D eigenvalue weighted by Gasteiger charge is 2.22. The predicted molar refractivity (Wildman–Crippen MR) is 92.4 cm³/mol. The molecule has 0 aliphatic carbocycles. The summed E-state index contributed by atoms with van der Waals surface area (Å²) in [6, 6.07) is 14.6. The normalized spacial score (nSPS) is 12.5. The van der Waals surface area contributed by atoms with Crippen molar-refractivity contribution >= 4 is 45.2 Å². The van der Waals surface area contributed by atoms with Crippen LogP contribution in [0.5, 0.6) is 0 Å². The zero-order valence-corrected chi connectivity index (χ0v) is 14.2. The summed E-state index contributed by atoms with van der Waals surface area (Å²) in [6.45, 7) is 1.22. The molecule has 0 unspecified atom stereocenters. The second kappa shape index (κ2) is 6.62. The summed E-state index contributed by atoms with van der Waals surface area (Å²) in [5.74, 6) is 0. The first-order valence-electron chi connectivity index (χ1n) is 6.96. The van der Waals surface area contributed by atoms with E-state index in [0.717, 1.165) is 17.4 Å². The summed E-state index contributed by atoms with van der Waals surface area (Å²) in [7, 11) is 0. The van der Waals surface area contributed by atoms with Gasteiger partial charge in [-0.1, -0.05) is 39.8 Å². The summed E-state index contributed by atoms with van der Waals surface area (Å²) in [5, 5.41) is 11.1. The van der Waals surface area contributed by atoms with Gasteiger partial charge in [-0.25, -0.2) is 4.79 Å². The van der Waals surface area contributed by atoms with Crippen molar-refractivity contribution in [2.75, 3.05) is 18.0 Å². The molecule has 0 saturated heterocycles. The number of nitrogens with one attached hydrogen (secondary N) is 1. The van der Waals surface area contributed by atoms with Crippen LogP contribution < -0.4 is 10.2 Å². The van der Waals surface area contributed by atoms with Crippen LogP contribution >= 0.6 is 27.7 Å². The second-order valence-corrected chi connectivity index (χ2v) is 6.92. The number of hydrogen-bond donors (Lipinski definition) is 2. The SMILES string of the molecule is O=C(O)NCCCN1c2ccccc2Sc2cc(Br)ccc21. The fourth-order valence-electron chi connectivity index (χ4n) is 2.48. The maximum Gasteiger partial charge on any atom is 0.404 e. The molecule has 4 nitrogen and oxygen atoms in total. The van der Waals surface area contributed by atoms with Crippen LogP contribution in [0, 0.1) is 0 Å². The van der Waals surface area contributed by atoms with Crippen molar-refractivity contribution in [1.29, 1.82) is 0 Å². The van der Waals surface area contributed by atoms with Gasteiger partial charge in [0.1, 0.15) is 0 Å². The smallest absolute Gasteiger partial charge is 0.404 e. The van der Waals surface area contributed by atoms with Crippen LogP contribution in [-0.2, 0) is 0 Å². The number of carbonyl (C=O) groups is 1. The molecule has 1 aliphatic heterocycles. The molecule has 0 atom stereocenters. The second-order valence-electron chi connectivity index (χ2n) is 4.92. The number of anilines is 2. The topological polar surface area (TPSA) is 52.6 Å². The van der Waals surface area contributed by atoms with Gasteiger partial charge < -0.3 is 15.3 Å². The van der Waals surface area contributed by atoms with Crippen LogP contribution in [0.1, 0.15) is 6.42 Å². The van der Waals surface area contributed by atoms with Gasteiger partial charge in [0.15, 0.2) is 0 Å². The van der Waals surface area contributed by atoms with Crippen LogP contribution in [0.25, 0.3) is 0 Å². The summed E-state index contributed by atoms with van der Waals surface area (Å²) in [4.78, 5) is 15.2. The van der Waals surface area contributed by atoms with Gasteiger partial charge in [0.2, 0.25) is 0 Å². The maximum absolute atomic E-state index is 10.6. The van der Waals surface area contributed by atoms with Crippen molar-refractivity contribution in [1.82, 2.24) is 5.32 Å². The third-order valence-corrected chi connectivity index (χ3v) is 5.03. The van der Waals surface area contributed by atoms with E-state index in [4.69, 9.17) is 5.11 Å². The first kappa shape index (κ1) is 15.2. The van der Waals surface area contributed by atoms with E-state index in [-0.39, 0.29) is 0 Å². The zero-order chi connectivity index (χ0) is 15.5. The molecule has 1 amide bonds. The first-order valence-corrected chi connectivity index (χ1v) is 8.57. The molecule has 0 aromatic heterocycles. The van der Waals surface area contributed by atoms with Crippen LogP contribution in [-0.4, -0.2) is 24.3 Å². The highest BCUT2D eigenvalue weighted by atomic mass is 79.9. The van der Waals surface area contributed by atoms with Crippen molar-refractivity contribution in [2.45, 2.75) is 16.2 Å². The van der Waals surface area contributed by atoms with E-state index in [1.54, 1.807) is 11.8 Å². The lowest BCUT2D eigenvalue weighted by atomic mass is 10.2. The third kappa shape index (κ3) is 3.23.